The summed E-state index contributed by atoms with van der Waals surface area (Å²) in [6.07, 6.45) is 4.48. The Morgan fingerprint density at radius 3 is 2.95 bits per heavy atom. The molecule has 3 heteroatoms. The number of nitrogens with two attached hydrogens (primary N) is 1. The lowest BCUT2D eigenvalue weighted by Crippen LogP contribution is -2.45. The number of hydrogen-bond acceptors (Lipinski definition) is 3. The Bertz CT molecular complexity index is 573. The summed E-state index contributed by atoms with van der Waals surface area (Å²) in [5.41, 5.74) is 7.91. The highest BCUT2D eigenvalue weighted by Gasteiger charge is 2.29. The molecule has 2 N–H and O–H groups in total. The van der Waals surface area contributed by atoms with Crippen molar-refractivity contribution in [2.75, 3.05) is 25.4 Å². The third-order valence-electron chi connectivity index (χ3n) is 3.99. The number of fused-ring (bicyclic) bond motifs is 1. The molecule has 0 saturated carbocycles. The Morgan fingerprint density at radius 1 is 1.32 bits per heavy atom. The smallest absolute Gasteiger partial charge is 0.0538 e. The van der Waals surface area contributed by atoms with E-state index in [2.05, 4.69) is 22.9 Å². The quantitative estimate of drug-likeness (QED) is 0.854. The lowest BCUT2D eigenvalue weighted by molar-refractivity contribution is 0.145. The van der Waals surface area contributed by atoms with Gasteiger partial charge in [-0.1, -0.05) is 19.4 Å². The van der Waals surface area contributed by atoms with Gasteiger partial charge >= 0.3 is 0 Å². The van der Waals surface area contributed by atoms with Crippen LogP contribution in [0.25, 0.3) is 10.8 Å². The van der Waals surface area contributed by atoms with Gasteiger partial charge in [-0.25, -0.2) is 0 Å². The Balaban J connectivity index is 1.79. The van der Waals surface area contributed by atoms with Gasteiger partial charge < -0.3 is 10.6 Å². The van der Waals surface area contributed by atoms with E-state index in [9.17, 15) is 0 Å². The predicted octanol–water partition coefficient (Wildman–Crippen LogP) is 3.02. The largest absolute Gasteiger partial charge is 0.399 e. The second-order valence-electron chi connectivity index (χ2n) is 5.49. The number of likely N-dealkylation sites (tertiary alicyclic amines) is 1. The maximum absolute atomic E-state index is 5.84. The summed E-state index contributed by atoms with van der Waals surface area (Å²) in [5.74, 6) is 0.587. The third kappa shape index (κ3) is 2.43. The van der Waals surface area contributed by atoms with Crippen molar-refractivity contribution in [3.63, 3.8) is 0 Å². The molecule has 1 aliphatic rings. The number of aromatic nitrogens is 1. The molecule has 2 heterocycles. The van der Waals surface area contributed by atoms with Gasteiger partial charge in [0.15, 0.2) is 0 Å². The second-order valence-corrected chi connectivity index (χ2v) is 5.49. The van der Waals surface area contributed by atoms with Gasteiger partial charge in [-0.05, 0) is 36.6 Å². The van der Waals surface area contributed by atoms with Crippen LogP contribution in [0.2, 0.25) is 0 Å². The molecule has 0 spiro atoms. The van der Waals surface area contributed by atoms with E-state index in [1.54, 1.807) is 0 Å². The molecule has 0 amide bonds. The standard InChI is InChI=1S/C16H21N3/c1-2-3-8-19-10-13(11-19)16-15-5-4-14(17)9-12(15)6-7-18-16/h4-7,9,13H,2-3,8,10-11,17H2,1H3. The molecule has 1 aromatic heterocycles. The minimum Gasteiger partial charge on any atom is -0.399 e. The van der Waals surface area contributed by atoms with Crippen LogP contribution in [0.1, 0.15) is 31.4 Å². The van der Waals surface area contributed by atoms with Gasteiger partial charge in [0.25, 0.3) is 0 Å². The molecule has 3 rings (SSSR count). The van der Waals surface area contributed by atoms with E-state index in [0.717, 1.165) is 18.8 Å². The summed E-state index contributed by atoms with van der Waals surface area (Å²) >= 11 is 0. The zero-order chi connectivity index (χ0) is 13.2. The van der Waals surface area contributed by atoms with Gasteiger partial charge in [-0.2, -0.15) is 0 Å². The van der Waals surface area contributed by atoms with Crippen LogP contribution in [0.4, 0.5) is 5.69 Å². The van der Waals surface area contributed by atoms with Crippen LogP contribution in [0.15, 0.2) is 30.5 Å². The number of hydrogen-bond donors (Lipinski definition) is 1. The average molecular weight is 255 g/mol. The van der Waals surface area contributed by atoms with E-state index >= 15 is 0 Å². The molecular formula is C16H21N3. The molecule has 0 atom stereocenters. The first-order valence-corrected chi connectivity index (χ1v) is 7.14. The van der Waals surface area contributed by atoms with Crippen LogP contribution >= 0.6 is 0 Å². The zero-order valence-electron chi connectivity index (χ0n) is 11.5. The summed E-state index contributed by atoms with van der Waals surface area (Å²) in [6, 6.07) is 8.17. The van der Waals surface area contributed by atoms with Crippen LogP contribution in [0.3, 0.4) is 0 Å². The lowest BCUT2D eigenvalue weighted by Gasteiger charge is -2.39. The summed E-state index contributed by atoms with van der Waals surface area (Å²) in [5, 5.41) is 2.47. The maximum atomic E-state index is 5.84. The van der Waals surface area contributed by atoms with E-state index in [4.69, 9.17) is 5.73 Å². The molecular weight excluding hydrogens is 234 g/mol. The summed E-state index contributed by atoms with van der Waals surface area (Å²) in [4.78, 5) is 7.13. The highest BCUT2D eigenvalue weighted by molar-refractivity contribution is 5.87. The fourth-order valence-corrected chi connectivity index (χ4v) is 2.85. The molecule has 19 heavy (non-hydrogen) atoms. The van der Waals surface area contributed by atoms with Crippen molar-refractivity contribution >= 4 is 16.5 Å². The first-order chi connectivity index (χ1) is 9.28. The molecule has 1 aliphatic heterocycles. The van der Waals surface area contributed by atoms with Gasteiger partial charge in [0.1, 0.15) is 0 Å². The van der Waals surface area contributed by atoms with Crippen LogP contribution in [-0.4, -0.2) is 29.5 Å². The highest BCUT2D eigenvalue weighted by atomic mass is 15.2. The van der Waals surface area contributed by atoms with Gasteiger partial charge in [0.05, 0.1) is 5.69 Å². The maximum Gasteiger partial charge on any atom is 0.0538 e. The van der Waals surface area contributed by atoms with Crippen LogP contribution in [0.5, 0.6) is 0 Å². The molecule has 2 aromatic rings. The molecule has 3 nitrogen and oxygen atoms in total. The lowest BCUT2D eigenvalue weighted by atomic mass is 9.92. The number of pyridine rings is 1. The summed E-state index contributed by atoms with van der Waals surface area (Å²) < 4.78 is 0. The number of nitrogens with zero attached hydrogens (tertiary/aromatic N) is 2. The summed E-state index contributed by atoms with van der Waals surface area (Å²) in [7, 11) is 0. The van der Waals surface area contributed by atoms with Gasteiger partial charge in [-0.3, -0.25) is 4.98 Å². The topological polar surface area (TPSA) is 42.2 Å². The van der Waals surface area contributed by atoms with Crippen molar-refractivity contribution in [2.45, 2.75) is 25.7 Å². The van der Waals surface area contributed by atoms with Gasteiger partial charge in [0.2, 0.25) is 0 Å². The van der Waals surface area contributed by atoms with Crippen LogP contribution in [-0.2, 0) is 0 Å². The molecule has 1 fully saturated rings. The first-order valence-electron chi connectivity index (χ1n) is 7.14. The van der Waals surface area contributed by atoms with E-state index < -0.39 is 0 Å². The number of rotatable bonds is 4. The zero-order valence-corrected chi connectivity index (χ0v) is 11.5. The first kappa shape index (κ1) is 12.4. The SMILES string of the molecule is CCCCN1CC(c2nccc3cc(N)ccc23)C1. The minimum atomic E-state index is 0.587. The van der Waals surface area contributed by atoms with Crippen molar-refractivity contribution < 1.29 is 0 Å². The third-order valence-corrected chi connectivity index (χ3v) is 3.99. The van der Waals surface area contributed by atoms with Crippen molar-refractivity contribution in [3.8, 4) is 0 Å². The fraction of sp³-hybridized carbons (Fsp3) is 0.438. The molecule has 0 bridgehead atoms. The average Bonchev–Trinajstić information content (AvgIpc) is 2.36. The Kier molecular flexibility index (Phi) is 3.38. The van der Waals surface area contributed by atoms with Crippen molar-refractivity contribution in [1.29, 1.82) is 0 Å². The molecule has 0 radical (unpaired) electrons. The second kappa shape index (κ2) is 5.17. The van der Waals surface area contributed by atoms with E-state index in [-0.39, 0.29) is 0 Å². The van der Waals surface area contributed by atoms with Crippen molar-refractivity contribution in [2.24, 2.45) is 0 Å². The molecule has 0 unspecified atom stereocenters. The number of unbranched alkanes of at least 4 members (excludes halogenated alkanes) is 1. The normalized spacial score (nSPS) is 16.7. The van der Waals surface area contributed by atoms with Crippen LogP contribution < -0.4 is 5.73 Å². The van der Waals surface area contributed by atoms with Crippen LogP contribution in [0, 0.1) is 0 Å². The Labute approximate surface area is 114 Å². The predicted molar refractivity (Wildman–Crippen MR) is 80.2 cm³/mol. The van der Waals surface area contributed by atoms with Gasteiger partial charge in [-0.15, -0.1) is 0 Å². The number of benzene rings is 1. The number of nitrogen functional groups attached to an aromatic ring is 1. The molecule has 100 valence electrons. The monoisotopic (exact) mass is 255 g/mol. The van der Waals surface area contributed by atoms with E-state index in [0.29, 0.717) is 5.92 Å². The number of anilines is 1. The minimum absolute atomic E-state index is 0.587. The van der Waals surface area contributed by atoms with Gasteiger partial charge in [0, 0.05) is 36.3 Å². The Hall–Kier alpha value is -1.61. The molecule has 1 saturated heterocycles. The molecule has 0 aliphatic carbocycles. The molecule has 1 aromatic carbocycles. The van der Waals surface area contributed by atoms with Crippen molar-refractivity contribution in [3.05, 3.63) is 36.2 Å². The van der Waals surface area contributed by atoms with E-state index in [1.807, 2.05) is 24.4 Å². The van der Waals surface area contributed by atoms with Crippen molar-refractivity contribution in [1.82, 2.24) is 9.88 Å². The highest BCUT2D eigenvalue weighted by Crippen LogP contribution is 2.31. The summed E-state index contributed by atoms with van der Waals surface area (Å²) in [6.45, 7) is 5.77. The van der Waals surface area contributed by atoms with E-state index in [1.165, 1.54) is 35.9 Å². The fourth-order valence-electron chi connectivity index (χ4n) is 2.85. The Morgan fingerprint density at radius 2 is 2.16 bits per heavy atom.